The zero-order chi connectivity index (χ0) is 20.3. The Balaban J connectivity index is 1.74. The van der Waals surface area contributed by atoms with E-state index in [1.54, 1.807) is 4.90 Å². The number of aryl methyl sites for hydroxylation is 1. The van der Waals surface area contributed by atoms with Crippen molar-refractivity contribution in [1.29, 1.82) is 0 Å². The number of nitrogens with zero attached hydrogens (tertiary/aromatic N) is 3. The molecule has 7 heteroatoms. The topological polar surface area (TPSA) is 84.7 Å². The Bertz CT molecular complexity index is 849. The van der Waals surface area contributed by atoms with E-state index in [2.05, 4.69) is 5.10 Å². The van der Waals surface area contributed by atoms with E-state index in [9.17, 15) is 14.7 Å². The minimum Gasteiger partial charge on any atom is -0.469 e. The van der Waals surface area contributed by atoms with Gasteiger partial charge in [0.15, 0.2) is 0 Å². The number of methoxy groups -OCH3 is 1. The van der Waals surface area contributed by atoms with E-state index in [-0.39, 0.29) is 18.0 Å². The monoisotopic (exact) mass is 385 g/mol. The maximum atomic E-state index is 12.6. The molecule has 3 rings (SSSR count). The molecule has 1 aliphatic heterocycles. The summed E-state index contributed by atoms with van der Waals surface area (Å²) >= 11 is 0. The van der Waals surface area contributed by atoms with Gasteiger partial charge in [0.2, 0.25) is 0 Å². The highest BCUT2D eigenvalue weighted by molar-refractivity contribution is 5.94. The molecule has 1 fully saturated rings. The van der Waals surface area contributed by atoms with Crippen LogP contribution in [-0.4, -0.2) is 58.0 Å². The molecular weight excluding hydrogens is 358 g/mol. The minimum absolute atomic E-state index is 0.00872. The van der Waals surface area contributed by atoms with Crippen molar-refractivity contribution in [3.05, 3.63) is 46.8 Å². The Labute approximate surface area is 164 Å². The van der Waals surface area contributed by atoms with Crippen molar-refractivity contribution >= 4 is 11.9 Å². The summed E-state index contributed by atoms with van der Waals surface area (Å²) in [7, 11) is 1.39. The summed E-state index contributed by atoms with van der Waals surface area (Å²) in [5, 5.41) is 14.2. The number of piperidine rings is 1. The van der Waals surface area contributed by atoms with Gasteiger partial charge in [0, 0.05) is 30.8 Å². The van der Waals surface area contributed by atoms with Gasteiger partial charge in [0.1, 0.15) is 0 Å². The Morgan fingerprint density at radius 2 is 1.82 bits per heavy atom. The van der Waals surface area contributed by atoms with Gasteiger partial charge in [0.25, 0.3) is 5.91 Å². The fraction of sp³-hybridized carbons (Fsp3) is 0.476. The number of carbonyl (C=O) groups is 2. The number of aliphatic hydroxyl groups is 1. The molecule has 1 amide bonds. The van der Waals surface area contributed by atoms with Gasteiger partial charge in [-0.3, -0.25) is 9.59 Å². The summed E-state index contributed by atoms with van der Waals surface area (Å²) < 4.78 is 6.56. The molecule has 1 aromatic carbocycles. The van der Waals surface area contributed by atoms with Crippen molar-refractivity contribution in [3.63, 3.8) is 0 Å². The first-order valence-corrected chi connectivity index (χ1v) is 9.60. The largest absolute Gasteiger partial charge is 0.469 e. The number of amides is 1. The van der Waals surface area contributed by atoms with Gasteiger partial charge in [-0.2, -0.15) is 5.10 Å². The molecule has 28 heavy (non-hydrogen) atoms. The number of likely N-dealkylation sites (tertiary alicyclic amines) is 1. The first-order valence-electron chi connectivity index (χ1n) is 9.60. The molecule has 1 saturated heterocycles. The van der Waals surface area contributed by atoms with Gasteiger partial charge >= 0.3 is 5.97 Å². The van der Waals surface area contributed by atoms with Crippen LogP contribution in [0.1, 0.15) is 46.6 Å². The number of hydrogen-bond acceptors (Lipinski definition) is 5. The number of rotatable bonds is 5. The Morgan fingerprint density at radius 1 is 1.18 bits per heavy atom. The van der Waals surface area contributed by atoms with Crippen LogP contribution < -0.4 is 0 Å². The highest BCUT2D eigenvalue weighted by atomic mass is 16.5. The van der Waals surface area contributed by atoms with Crippen LogP contribution in [0.2, 0.25) is 0 Å². The third kappa shape index (κ3) is 4.25. The molecule has 0 radical (unpaired) electrons. The molecule has 2 heterocycles. The van der Waals surface area contributed by atoms with Gasteiger partial charge in [-0.05, 0) is 62.9 Å². The molecule has 7 nitrogen and oxygen atoms in total. The number of carbonyl (C=O) groups excluding carboxylic acids is 2. The van der Waals surface area contributed by atoms with Crippen LogP contribution in [0.3, 0.4) is 0 Å². The second-order valence-corrected chi connectivity index (χ2v) is 7.21. The molecule has 0 atom stereocenters. The lowest BCUT2D eigenvalue weighted by molar-refractivity contribution is -0.140. The highest BCUT2D eigenvalue weighted by Gasteiger charge is 2.22. The van der Waals surface area contributed by atoms with E-state index in [0.717, 1.165) is 22.6 Å². The molecule has 1 N–H and O–H groups in total. The Morgan fingerprint density at radius 3 is 2.43 bits per heavy atom. The number of benzene rings is 1. The molecule has 0 bridgehead atoms. The van der Waals surface area contributed by atoms with E-state index >= 15 is 0 Å². The van der Waals surface area contributed by atoms with Crippen molar-refractivity contribution in [1.82, 2.24) is 14.7 Å². The molecule has 1 aromatic heterocycles. The third-order valence-electron chi connectivity index (χ3n) is 5.36. The minimum atomic E-state index is -0.300. The lowest BCUT2D eigenvalue weighted by Gasteiger charge is -2.29. The fourth-order valence-corrected chi connectivity index (χ4v) is 3.61. The summed E-state index contributed by atoms with van der Waals surface area (Å²) in [6, 6.07) is 7.39. The first-order chi connectivity index (χ1) is 13.4. The predicted molar refractivity (Wildman–Crippen MR) is 105 cm³/mol. The van der Waals surface area contributed by atoms with E-state index in [1.165, 1.54) is 7.11 Å². The van der Waals surface area contributed by atoms with Crippen molar-refractivity contribution < 1.29 is 19.4 Å². The van der Waals surface area contributed by atoms with Crippen LogP contribution in [0.15, 0.2) is 24.3 Å². The van der Waals surface area contributed by atoms with E-state index in [1.807, 2.05) is 42.8 Å². The van der Waals surface area contributed by atoms with Crippen LogP contribution >= 0.6 is 0 Å². The van der Waals surface area contributed by atoms with Gasteiger partial charge in [-0.1, -0.05) is 0 Å². The normalized spacial score (nSPS) is 14.9. The standard InChI is InChI=1S/C21H27N3O4/c1-14-19(8-9-20(26)28-3)15(2)24(22-14)17-6-4-16(5-7-17)21(27)23-12-10-18(25)11-13-23/h4-7,18,25H,8-13H2,1-3H3. The molecule has 1 aliphatic rings. The second kappa shape index (κ2) is 8.56. The lowest BCUT2D eigenvalue weighted by Crippen LogP contribution is -2.40. The summed E-state index contributed by atoms with van der Waals surface area (Å²) in [6.45, 7) is 5.08. The average molecular weight is 385 g/mol. The van der Waals surface area contributed by atoms with E-state index in [0.29, 0.717) is 44.3 Å². The number of ether oxygens (including phenoxy) is 1. The highest BCUT2D eigenvalue weighted by Crippen LogP contribution is 2.21. The Kier molecular flexibility index (Phi) is 6.14. The quantitative estimate of drug-likeness (QED) is 0.798. The van der Waals surface area contributed by atoms with Crippen molar-refractivity contribution in [2.45, 2.75) is 45.6 Å². The van der Waals surface area contributed by atoms with Gasteiger partial charge in [0.05, 0.1) is 24.6 Å². The fourth-order valence-electron chi connectivity index (χ4n) is 3.61. The van der Waals surface area contributed by atoms with Crippen LogP contribution in [0.5, 0.6) is 0 Å². The van der Waals surface area contributed by atoms with Crippen LogP contribution in [0.25, 0.3) is 5.69 Å². The average Bonchev–Trinajstić information content (AvgIpc) is 3.00. The second-order valence-electron chi connectivity index (χ2n) is 7.21. The van der Waals surface area contributed by atoms with Crippen LogP contribution in [-0.2, 0) is 16.0 Å². The molecule has 2 aromatic rings. The maximum Gasteiger partial charge on any atom is 0.305 e. The molecular formula is C21H27N3O4. The lowest BCUT2D eigenvalue weighted by atomic mass is 10.1. The zero-order valence-corrected chi connectivity index (χ0v) is 16.6. The van der Waals surface area contributed by atoms with E-state index < -0.39 is 0 Å². The SMILES string of the molecule is COC(=O)CCc1c(C)nn(-c2ccc(C(=O)N3CCC(O)CC3)cc2)c1C. The summed E-state index contributed by atoms with van der Waals surface area (Å²) in [4.78, 5) is 25.9. The predicted octanol–water partition coefficient (Wildman–Crippen LogP) is 2.19. The van der Waals surface area contributed by atoms with Crippen molar-refractivity contribution in [3.8, 4) is 5.69 Å². The van der Waals surface area contributed by atoms with Crippen LogP contribution in [0, 0.1) is 13.8 Å². The molecule has 0 spiro atoms. The maximum absolute atomic E-state index is 12.6. The van der Waals surface area contributed by atoms with Crippen LogP contribution in [0.4, 0.5) is 0 Å². The molecule has 0 unspecified atom stereocenters. The molecule has 150 valence electrons. The molecule has 0 aliphatic carbocycles. The zero-order valence-electron chi connectivity index (χ0n) is 16.6. The van der Waals surface area contributed by atoms with Crippen molar-refractivity contribution in [2.24, 2.45) is 0 Å². The number of hydrogen-bond donors (Lipinski definition) is 1. The number of esters is 1. The van der Waals surface area contributed by atoms with Crippen molar-refractivity contribution in [2.75, 3.05) is 20.2 Å². The van der Waals surface area contributed by atoms with Gasteiger partial charge in [-0.25, -0.2) is 4.68 Å². The summed E-state index contributed by atoms with van der Waals surface area (Å²) in [5.74, 6) is -0.245. The number of aromatic nitrogens is 2. The van der Waals surface area contributed by atoms with Gasteiger partial charge < -0.3 is 14.7 Å². The molecule has 0 saturated carbocycles. The Hall–Kier alpha value is -2.67. The van der Waals surface area contributed by atoms with Gasteiger partial charge in [-0.15, -0.1) is 0 Å². The summed E-state index contributed by atoms with van der Waals surface area (Å²) in [6.07, 6.45) is 1.86. The number of aliphatic hydroxyl groups excluding tert-OH is 1. The smallest absolute Gasteiger partial charge is 0.305 e. The van der Waals surface area contributed by atoms with E-state index in [4.69, 9.17) is 4.74 Å². The first kappa shape index (κ1) is 20.1. The summed E-state index contributed by atoms with van der Waals surface area (Å²) in [5.41, 5.74) is 4.40. The third-order valence-corrected chi connectivity index (χ3v) is 5.36.